The molecule has 53 heavy (non-hydrogen) atoms. The zero-order chi connectivity index (χ0) is 39.1. The number of benzene rings is 2. The number of esters is 1. The minimum Gasteiger partial charge on any atom is -0.494 e. The molecule has 0 amide bonds. The quantitative estimate of drug-likeness (QED) is 0.0752. The van der Waals surface area contributed by atoms with E-state index in [1.807, 2.05) is 13.8 Å². The zero-order valence-corrected chi connectivity index (χ0v) is 30.0. The van der Waals surface area contributed by atoms with Gasteiger partial charge in [-0.2, -0.15) is 31.6 Å². The van der Waals surface area contributed by atoms with Gasteiger partial charge in [0.1, 0.15) is 17.0 Å². The van der Waals surface area contributed by atoms with Gasteiger partial charge >= 0.3 is 18.3 Å². The average Bonchev–Trinajstić information content (AvgIpc) is 3.08. The monoisotopic (exact) mass is 743 g/mol. The first kappa shape index (κ1) is 40.4. The minimum absolute atomic E-state index is 0.0317. The third-order valence-electron chi connectivity index (χ3n) is 7.67. The lowest BCUT2D eigenvalue weighted by Crippen LogP contribution is -2.25. The lowest BCUT2D eigenvalue weighted by atomic mass is 9.98. The Morgan fingerprint density at radius 2 is 1.58 bits per heavy atom. The number of anilines is 1. The second kappa shape index (κ2) is 16.5. The van der Waals surface area contributed by atoms with Crippen molar-refractivity contribution in [3.05, 3.63) is 94.4 Å². The number of aromatic nitrogens is 3. The summed E-state index contributed by atoms with van der Waals surface area (Å²) in [6, 6.07) is 11.1. The summed E-state index contributed by atoms with van der Waals surface area (Å²) in [7, 11) is 1.40. The van der Waals surface area contributed by atoms with E-state index in [0.29, 0.717) is 23.9 Å². The minimum atomic E-state index is -4.77. The van der Waals surface area contributed by atoms with Gasteiger partial charge in [-0.15, -0.1) is 0 Å². The Labute approximate surface area is 303 Å². The molecule has 4 aromatic rings. The number of methoxy groups -OCH3 is 1. The molecule has 0 bridgehead atoms. The molecule has 0 fully saturated rings. The number of carbonyl (C=O) groups is 1. The third-order valence-corrected chi connectivity index (χ3v) is 7.67. The summed E-state index contributed by atoms with van der Waals surface area (Å²) in [5, 5.41) is 9.50. The van der Waals surface area contributed by atoms with E-state index in [1.54, 1.807) is 39.0 Å². The van der Waals surface area contributed by atoms with E-state index in [1.165, 1.54) is 36.5 Å². The van der Waals surface area contributed by atoms with Gasteiger partial charge in [0.15, 0.2) is 5.75 Å². The number of alkyl halides is 6. The van der Waals surface area contributed by atoms with Gasteiger partial charge < -0.3 is 19.1 Å². The molecular weight excluding hydrogens is 704 g/mol. The molecule has 0 N–H and O–H groups in total. The molecule has 0 saturated heterocycles. The molecule has 2 heterocycles. The summed E-state index contributed by atoms with van der Waals surface area (Å²) >= 11 is 0. The first-order chi connectivity index (χ1) is 24.8. The van der Waals surface area contributed by atoms with Gasteiger partial charge in [-0.1, -0.05) is 19.9 Å². The molecule has 0 aliphatic carbocycles. The van der Waals surface area contributed by atoms with Crippen molar-refractivity contribution in [2.75, 3.05) is 18.6 Å². The molecule has 282 valence electrons. The lowest BCUT2D eigenvalue weighted by Gasteiger charge is -2.26. The molecule has 0 spiro atoms. The zero-order valence-electron chi connectivity index (χ0n) is 30.0. The number of nitrogens with zero attached hydrogens (tertiary/aromatic N) is 5. The van der Waals surface area contributed by atoms with E-state index in [4.69, 9.17) is 19.2 Å². The van der Waals surface area contributed by atoms with Crippen molar-refractivity contribution in [1.29, 1.82) is 5.26 Å². The van der Waals surface area contributed by atoms with Crippen molar-refractivity contribution in [3.8, 4) is 28.8 Å². The molecular formula is C38H39F6N5O4. The summed E-state index contributed by atoms with van der Waals surface area (Å²) in [4.78, 5) is 26.8. The molecule has 2 aromatic heterocycles. The lowest BCUT2D eigenvalue weighted by molar-refractivity contribution is -0.155. The van der Waals surface area contributed by atoms with Gasteiger partial charge in [-0.25, -0.2) is 15.0 Å². The van der Waals surface area contributed by atoms with Gasteiger partial charge in [0, 0.05) is 30.8 Å². The second-order valence-corrected chi connectivity index (χ2v) is 13.5. The molecule has 0 atom stereocenters. The highest BCUT2D eigenvalue weighted by Crippen LogP contribution is 2.38. The van der Waals surface area contributed by atoms with E-state index < -0.39 is 35.0 Å². The van der Waals surface area contributed by atoms with Crippen molar-refractivity contribution in [1.82, 2.24) is 15.0 Å². The van der Waals surface area contributed by atoms with Crippen LogP contribution in [0.25, 0.3) is 11.3 Å². The van der Waals surface area contributed by atoms with E-state index in [-0.39, 0.29) is 71.7 Å². The topological polar surface area (TPSA) is 110 Å². The van der Waals surface area contributed by atoms with E-state index in [9.17, 15) is 36.4 Å². The normalized spacial score (nSPS) is 12.0. The highest BCUT2D eigenvalue weighted by molar-refractivity contribution is 5.71. The smallest absolute Gasteiger partial charge is 0.416 e. The Balaban J connectivity index is 1.76. The van der Waals surface area contributed by atoms with Gasteiger partial charge in [-0.05, 0) is 86.7 Å². The summed E-state index contributed by atoms with van der Waals surface area (Å²) in [6.07, 6.45) is -6.46. The number of ether oxygens (including phenoxy) is 3. The highest BCUT2D eigenvalue weighted by atomic mass is 19.4. The fourth-order valence-corrected chi connectivity index (χ4v) is 5.25. The molecule has 2 aromatic carbocycles. The fourth-order valence-electron chi connectivity index (χ4n) is 5.25. The largest absolute Gasteiger partial charge is 0.494 e. The Bertz CT molecular complexity index is 1930. The maximum Gasteiger partial charge on any atom is 0.416 e. The first-order valence-electron chi connectivity index (χ1n) is 16.6. The van der Waals surface area contributed by atoms with Gasteiger partial charge in [-0.3, -0.25) is 4.79 Å². The Morgan fingerprint density at radius 1 is 0.906 bits per heavy atom. The number of rotatable bonds is 13. The van der Waals surface area contributed by atoms with E-state index in [2.05, 4.69) is 9.97 Å². The molecule has 0 saturated carbocycles. The van der Waals surface area contributed by atoms with Crippen LogP contribution >= 0.6 is 0 Å². The molecule has 0 radical (unpaired) electrons. The predicted octanol–water partition coefficient (Wildman–Crippen LogP) is 9.29. The van der Waals surface area contributed by atoms with Crippen LogP contribution in [0.1, 0.15) is 86.9 Å². The van der Waals surface area contributed by atoms with Crippen LogP contribution in [-0.4, -0.2) is 40.2 Å². The maximum absolute atomic E-state index is 14.1. The third kappa shape index (κ3) is 11.3. The van der Waals surface area contributed by atoms with Gasteiger partial charge in [0.25, 0.3) is 0 Å². The number of hydrogen-bond acceptors (Lipinski definition) is 9. The van der Waals surface area contributed by atoms with Crippen LogP contribution in [0.5, 0.6) is 11.5 Å². The SMILES string of the molecule is COc1ccc(C(C)C)nc1-c1ccc(C(F)(F)F)cc1CN(Cc1cc(C#N)cc(C(F)(F)F)c1)c1ncc(OCCCC(=O)OC(C)(C)C)cn1. The average molecular weight is 744 g/mol. The summed E-state index contributed by atoms with van der Waals surface area (Å²) in [5.74, 6) is 0.0259. The summed E-state index contributed by atoms with van der Waals surface area (Å²) in [5.41, 5.74) is -1.57. The van der Waals surface area contributed by atoms with Crippen LogP contribution in [0, 0.1) is 11.3 Å². The number of carbonyl (C=O) groups excluding carboxylic acids is 1. The van der Waals surface area contributed by atoms with E-state index in [0.717, 1.165) is 18.2 Å². The molecule has 0 aliphatic rings. The van der Waals surface area contributed by atoms with Crippen LogP contribution in [0.3, 0.4) is 0 Å². The number of pyridine rings is 1. The Hall–Kier alpha value is -5.39. The van der Waals surface area contributed by atoms with E-state index >= 15 is 0 Å². The van der Waals surface area contributed by atoms with Crippen molar-refractivity contribution in [2.45, 2.75) is 84.4 Å². The molecule has 9 nitrogen and oxygen atoms in total. The van der Waals surface area contributed by atoms with Crippen LogP contribution < -0.4 is 14.4 Å². The summed E-state index contributed by atoms with van der Waals surface area (Å²) < 4.78 is 100. The fraction of sp³-hybridized carbons (Fsp3) is 0.395. The molecule has 0 unspecified atom stereocenters. The number of halogens is 6. The standard InChI is InChI=1S/C38H39F6N5O4/c1-23(2)31-11-12-32(51-6)34(48-31)30-10-9-27(37(39,40)41)17-26(30)22-49(21-25-14-24(18-45)15-28(16-25)38(42,43)44)35-46-19-29(20-47-35)52-13-7-8-33(50)53-36(3,4)5/h9-12,14-17,19-20,23H,7-8,13,21-22H2,1-6H3. The molecule has 4 rings (SSSR count). The van der Waals surface area contributed by atoms with Crippen LogP contribution in [0.2, 0.25) is 0 Å². The van der Waals surface area contributed by atoms with Gasteiger partial charge in [0.05, 0.1) is 48.9 Å². The number of nitriles is 1. The van der Waals surface area contributed by atoms with Crippen molar-refractivity contribution < 1.29 is 45.3 Å². The Kier molecular flexibility index (Phi) is 12.6. The maximum atomic E-state index is 14.1. The van der Waals surface area contributed by atoms with Crippen molar-refractivity contribution >= 4 is 11.9 Å². The van der Waals surface area contributed by atoms with Crippen LogP contribution in [0.15, 0.2) is 60.9 Å². The predicted molar refractivity (Wildman–Crippen MR) is 184 cm³/mol. The Morgan fingerprint density at radius 3 is 2.17 bits per heavy atom. The van der Waals surface area contributed by atoms with Crippen LogP contribution in [-0.2, 0) is 35.0 Å². The number of hydrogen-bond donors (Lipinski definition) is 0. The molecule has 0 aliphatic heterocycles. The second-order valence-electron chi connectivity index (χ2n) is 13.5. The highest BCUT2D eigenvalue weighted by Gasteiger charge is 2.33. The molecule has 15 heteroatoms. The van der Waals surface area contributed by atoms with Crippen molar-refractivity contribution in [3.63, 3.8) is 0 Å². The summed E-state index contributed by atoms with van der Waals surface area (Å²) in [6.45, 7) is 8.53. The first-order valence-corrected chi connectivity index (χ1v) is 16.6. The van der Waals surface area contributed by atoms with Crippen molar-refractivity contribution in [2.24, 2.45) is 0 Å². The van der Waals surface area contributed by atoms with Gasteiger partial charge in [0.2, 0.25) is 5.95 Å². The van der Waals surface area contributed by atoms with Crippen LogP contribution in [0.4, 0.5) is 32.3 Å².